The highest BCUT2D eigenvalue weighted by Crippen LogP contribution is 2.33. The highest BCUT2D eigenvalue weighted by atomic mass is 32.2. The minimum Gasteiger partial charge on any atom is -0.489 e. The normalized spacial score (nSPS) is 20.5. The number of hydrogen-bond donors (Lipinski definition) is 2. The lowest BCUT2D eigenvalue weighted by Gasteiger charge is -2.35. The molecule has 0 spiro atoms. The molecule has 2 N–H and O–H groups in total. The third-order valence-corrected chi connectivity index (χ3v) is 9.49. The van der Waals surface area contributed by atoms with Crippen molar-refractivity contribution in [2.45, 2.75) is 64.2 Å². The molecule has 1 amide bonds. The number of aromatic nitrogens is 4. The van der Waals surface area contributed by atoms with Crippen molar-refractivity contribution in [3.63, 3.8) is 0 Å². The van der Waals surface area contributed by atoms with E-state index in [0.717, 1.165) is 57.4 Å². The molecular formula is C34H49N9O7S. The van der Waals surface area contributed by atoms with Gasteiger partial charge < -0.3 is 34.1 Å². The second-order valence-corrected chi connectivity index (χ2v) is 15.9. The number of fused-ring (bicyclic) bond motifs is 1. The molecule has 278 valence electrons. The van der Waals surface area contributed by atoms with E-state index in [0.29, 0.717) is 80.2 Å². The smallest absolute Gasteiger partial charge is 0.410 e. The second kappa shape index (κ2) is 16.0. The molecule has 3 aromatic rings. The summed E-state index contributed by atoms with van der Waals surface area (Å²) in [6.07, 6.45) is 8.95. The maximum Gasteiger partial charge on any atom is 0.410 e. The fourth-order valence-corrected chi connectivity index (χ4v) is 6.84. The van der Waals surface area contributed by atoms with Crippen LogP contribution in [-0.4, -0.2) is 134 Å². The summed E-state index contributed by atoms with van der Waals surface area (Å²) in [5, 5.41) is 4.10. The molecule has 3 aromatic heterocycles. The van der Waals surface area contributed by atoms with Gasteiger partial charge in [-0.25, -0.2) is 23.2 Å². The van der Waals surface area contributed by atoms with Crippen LogP contribution in [0, 0.1) is 0 Å². The Hall–Kier alpha value is -4.22. The monoisotopic (exact) mass is 727 g/mol. The molecule has 17 heteroatoms. The molecule has 2 aliphatic heterocycles. The molecule has 1 aliphatic carbocycles. The molecule has 3 fully saturated rings. The Labute approximate surface area is 299 Å². The van der Waals surface area contributed by atoms with Gasteiger partial charge in [0, 0.05) is 57.9 Å². The summed E-state index contributed by atoms with van der Waals surface area (Å²) in [6, 6.07) is 3.82. The summed E-state index contributed by atoms with van der Waals surface area (Å²) in [5.74, 6) is 2.36. The van der Waals surface area contributed by atoms with Gasteiger partial charge in [0.05, 0.1) is 54.7 Å². The number of carbonyl (C=O) groups is 1. The third kappa shape index (κ3) is 10.6. The van der Waals surface area contributed by atoms with Crippen LogP contribution in [0.2, 0.25) is 0 Å². The Morgan fingerprint density at radius 1 is 0.961 bits per heavy atom. The number of nitrogens with one attached hydrogen (secondary N) is 2. The molecule has 51 heavy (non-hydrogen) atoms. The molecule has 0 unspecified atom stereocenters. The Kier molecular flexibility index (Phi) is 11.5. The van der Waals surface area contributed by atoms with E-state index in [1.165, 1.54) is 6.20 Å². The van der Waals surface area contributed by atoms with Gasteiger partial charge in [0.2, 0.25) is 21.9 Å². The van der Waals surface area contributed by atoms with Crippen LogP contribution in [0.4, 0.5) is 22.2 Å². The quantitative estimate of drug-likeness (QED) is 0.294. The number of rotatable bonds is 11. The van der Waals surface area contributed by atoms with Crippen LogP contribution >= 0.6 is 0 Å². The molecule has 2 saturated heterocycles. The fraction of sp³-hybridized carbons (Fsp3) is 0.618. The number of nitrogens with zero attached hydrogens (tertiary/aromatic N) is 7. The number of piperazine rings is 1. The van der Waals surface area contributed by atoms with E-state index < -0.39 is 15.6 Å². The molecular weight excluding hydrogens is 678 g/mol. The molecule has 1 saturated carbocycles. The lowest BCUT2D eigenvalue weighted by molar-refractivity contribution is 0.0137. The summed E-state index contributed by atoms with van der Waals surface area (Å²) in [7, 11) is -3.47. The summed E-state index contributed by atoms with van der Waals surface area (Å²) in [4.78, 5) is 36.8. The highest BCUT2D eigenvalue weighted by molar-refractivity contribution is 7.92. The zero-order chi connectivity index (χ0) is 36.0. The first kappa shape index (κ1) is 36.6. The Morgan fingerprint density at radius 2 is 1.67 bits per heavy atom. The summed E-state index contributed by atoms with van der Waals surface area (Å²) >= 11 is 0. The first-order valence-corrected chi connectivity index (χ1v) is 19.5. The molecule has 5 heterocycles. The molecule has 0 atom stereocenters. The Bertz CT molecular complexity index is 1740. The molecule has 0 bridgehead atoms. The number of amides is 1. The lowest BCUT2D eigenvalue weighted by Crippen LogP contribution is -2.50. The van der Waals surface area contributed by atoms with Crippen molar-refractivity contribution in [2.75, 3.05) is 86.8 Å². The van der Waals surface area contributed by atoms with Crippen LogP contribution in [0.25, 0.3) is 10.9 Å². The molecule has 3 aliphatic rings. The van der Waals surface area contributed by atoms with Gasteiger partial charge >= 0.3 is 6.09 Å². The van der Waals surface area contributed by atoms with E-state index in [4.69, 9.17) is 23.9 Å². The van der Waals surface area contributed by atoms with Gasteiger partial charge in [-0.15, -0.1) is 0 Å². The number of carbonyl (C=O) groups excluding carboxylic acids is 1. The van der Waals surface area contributed by atoms with E-state index in [2.05, 4.69) is 34.8 Å². The lowest BCUT2D eigenvalue weighted by atomic mass is 9.93. The van der Waals surface area contributed by atoms with Gasteiger partial charge in [-0.05, 0) is 52.5 Å². The average Bonchev–Trinajstić information content (AvgIpc) is 3.09. The van der Waals surface area contributed by atoms with Crippen molar-refractivity contribution in [2.24, 2.45) is 0 Å². The number of anilines is 3. The number of hydrogen-bond acceptors (Lipinski definition) is 14. The second-order valence-electron chi connectivity index (χ2n) is 14.2. The minimum absolute atomic E-state index is 0.0674. The minimum atomic E-state index is -3.47. The van der Waals surface area contributed by atoms with Crippen LogP contribution in [0.3, 0.4) is 0 Å². The first-order chi connectivity index (χ1) is 24.4. The summed E-state index contributed by atoms with van der Waals surface area (Å²) < 4.78 is 49.7. The standard InChI is InChI=1S/C34H49N9O7S/c1-34(2,3)50-33(44)43-11-9-41(10-12-43)13-18-48-27-22-36-32(37-23-27)38-24-5-7-26(8-6-24)49-31-28-19-25(40-51(4,45)46)21-35-29(28)20-30(39-31)42-14-16-47-17-15-42/h19-24,26,40H,5-18H2,1-4H3,(H,36,37,38). The third-order valence-electron chi connectivity index (χ3n) is 8.88. The molecule has 0 aromatic carbocycles. The zero-order valence-corrected chi connectivity index (χ0v) is 30.7. The van der Waals surface area contributed by atoms with Gasteiger partial charge in [0.15, 0.2) is 5.75 Å². The van der Waals surface area contributed by atoms with Crippen LogP contribution < -0.4 is 24.4 Å². The topological polar surface area (TPSA) is 173 Å². The van der Waals surface area contributed by atoms with Crippen molar-refractivity contribution >= 4 is 44.5 Å². The van der Waals surface area contributed by atoms with Gasteiger partial charge in [0.25, 0.3) is 0 Å². The maximum absolute atomic E-state index is 12.3. The Morgan fingerprint density at radius 3 is 2.33 bits per heavy atom. The number of sulfonamides is 1. The maximum atomic E-state index is 12.3. The zero-order valence-electron chi connectivity index (χ0n) is 29.8. The van der Waals surface area contributed by atoms with Crippen molar-refractivity contribution in [1.29, 1.82) is 0 Å². The van der Waals surface area contributed by atoms with E-state index >= 15 is 0 Å². The Balaban J connectivity index is 0.974. The largest absolute Gasteiger partial charge is 0.489 e. The average molecular weight is 728 g/mol. The fourth-order valence-electron chi connectivity index (χ4n) is 6.30. The predicted molar refractivity (Wildman–Crippen MR) is 193 cm³/mol. The molecule has 16 nitrogen and oxygen atoms in total. The van der Waals surface area contributed by atoms with E-state index in [9.17, 15) is 13.2 Å². The number of morpholine rings is 1. The van der Waals surface area contributed by atoms with Crippen LogP contribution in [-0.2, 0) is 19.5 Å². The van der Waals surface area contributed by atoms with E-state index in [1.54, 1.807) is 23.4 Å². The predicted octanol–water partition coefficient (Wildman–Crippen LogP) is 3.36. The molecule has 0 radical (unpaired) electrons. The van der Waals surface area contributed by atoms with Gasteiger partial charge in [-0.3, -0.25) is 14.6 Å². The summed E-state index contributed by atoms with van der Waals surface area (Å²) in [5.41, 5.74) is 0.539. The van der Waals surface area contributed by atoms with Crippen molar-refractivity contribution in [3.8, 4) is 11.6 Å². The molecule has 6 rings (SSSR count). The van der Waals surface area contributed by atoms with Crippen molar-refractivity contribution < 1.29 is 32.2 Å². The van der Waals surface area contributed by atoms with Crippen LogP contribution in [0.15, 0.2) is 30.7 Å². The van der Waals surface area contributed by atoms with E-state index in [-0.39, 0.29) is 18.2 Å². The van der Waals surface area contributed by atoms with Crippen molar-refractivity contribution in [1.82, 2.24) is 29.7 Å². The number of ether oxygens (including phenoxy) is 4. The van der Waals surface area contributed by atoms with Crippen LogP contribution in [0.1, 0.15) is 46.5 Å². The highest BCUT2D eigenvalue weighted by Gasteiger charge is 2.27. The van der Waals surface area contributed by atoms with Gasteiger partial charge in [-0.2, -0.15) is 4.98 Å². The van der Waals surface area contributed by atoms with Crippen molar-refractivity contribution in [3.05, 3.63) is 30.7 Å². The van der Waals surface area contributed by atoms with E-state index in [1.807, 2.05) is 26.8 Å². The first-order valence-electron chi connectivity index (χ1n) is 17.6. The van der Waals surface area contributed by atoms with Gasteiger partial charge in [0.1, 0.15) is 24.1 Å². The SMILES string of the molecule is CC(C)(C)OC(=O)N1CCN(CCOc2cnc(NC3CCC(Oc4nc(N5CCOCC5)cc5ncc(NS(C)(=O)=O)cc45)CC3)nc2)CC1. The van der Waals surface area contributed by atoms with Gasteiger partial charge in [-0.1, -0.05) is 0 Å². The number of pyridine rings is 2. The van der Waals surface area contributed by atoms with Crippen LogP contribution in [0.5, 0.6) is 11.6 Å². The summed E-state index contributed by atoms with van der Waals surface area (Å²) in [6.45, 7) is 12.3.